The van der Waals surface area contributed by atoms with E-state index in [-0.39, 0.29) is 18.7 Å². The molecule has 1 saturated heterocycles. The third-order valence-corrected chi connectivity index (χ3v) is 2.82. The molecule has 1 unspecified atom stereocenters. The molecule has 0 spiro atoms. The molecule has 1 heterocycles. The first-order valence-corrected chi connectivity index (χ1v) is 5.96. The van der Waals surface area contributed by atoms with Crippen LogP contribution in [0.4, 0.5) is 4.79 Å². The van der Waals surface area contributed by atoms with Gasteiger partial charge in [-0.1, -0.05) is 0 Å². The van der Waals surface area contributed by atoms with Crippen LogP contribution in [-0.4, -0.2) is 54.5 Å². The molecule has 0 radical (unpaired) electrons. The van der Waals surface area contributed by atoms with E-state index in [1.807, 2.05) is 13.8 Å². The minimum atomic E-state index is -0.212. The zero-order valence-electron chi connectivity index (χ0n) is 10.1. The molecule has 0 bridgehead atoms. The van der Waals surface area contributed by atoms with E-state index < -0.39 is 0 Å². The Morgan fingerprint density at radius 2 is 2.19 bits per heavy atom. The van der Waals surface area contributed by atoms with Crippen LogP contribution in [-0.2, 0) is 4.74 Å². The van der Waals surface area contributed by atoms with E-state index in [2.05, 4.69) is 5.32 Å². The Morgan fingerprint density at radius 1 is 1.56 bits per heavy atom. The fraction of sp³-hybridized carbons (Fsp3) is 0.909. The van der Waals surface area contributed by atoms with E-state index in [9.17, 15) is 4.79 Å². The number of hydrogen-bond donors (Lipinski definition) is 2. The van der Waals surface area contributed by atoms with Crippen molar-refractivity contribution in [3.63, 3.8) is 0 Å². The molecule has 1 aliphatic heterocycles. The van der Waals surface area contributed by atoms with E-state index in [0.29, 0.717) is 12.6 Å². The van der Waals surface area contributed by atoms with Crippen molar-refractivity contribution in [1.82, 2.24) is 10.2 Å². The first-order valence-electron chi connectivity index (χ1n) is 5.96. The molecule has 0 aromatic heterocycles. The third kappa shape index (κ3) is 3.98. The number of nitrogens with zero attached hydrogens (tertiary/aromatic N) is 1. The van der Waals surface area contributed by atoms with Gasteiger partial charge in [-0.2, -0.15) is 0 Å². The van der Waals surface area contributed by atoms with Crippen LogP contribution in [0.15, 0.2) is 0 Å². The van der Waals surface area contributed by atoms with E-state index in [1.54, 1.807) is 4.90 Å². The molecule has 0 aliphatic carbocycles. The Kier molecular flexibility index (Phi) is 5.55. The monoisotopic (exact) mass is 230 g/mol. The Labute approximate surface area is 96.8 Å². The molecule has 1 rings (SSSR count). The van der Waals surface area contributed by atoms with Crippen molar-refractivity contribution in [3.8, 4) is 0 Å². The molecule has 5 heteroatoms. The molecule has 1 atom stereocenters. The van der Waals surface area contributed by atoms with Gasteiger partial charge in [-0.3, -0.25) is 0 Å². The van der Waals surface area contributed by atoms with Crippen molar-refractivity contribution in [2.75, 3.05) is 26.3 Å². The van der Waals surface area contributed by atoms with Crippen LogP contribution >= 0.6 is 0 Å². The van der Waals surface area contributed by atoms with Gasteiger partial charge in [-0.15, -0.1) is 0 Å². The van der Waals surface area contributed by atoms with Crippen LogP contribution in [0.2, 0.25) is 0 Å². The van der Waals surface area contributed by atoms with Gasteiger partial charge < -0.3 is 20.1 Å². The molecule has 16 heavy (non-hydrogen) atoms. The molecule has 1 fully saturated rings. The number of nitrogens with one attached hydrogen (secondary N) is 1. The largest absolute Gasteiger partial charge is 0.450 e. The highest BCUT2D eigenvalue weighted by molar-refractivity contribution is 5.67. The summed E-state index contributed by atoms with van der Waals surface area (Å²) in [7, 11) is 0. The van der Waals surface area contributed by atoms with E-state index in [0.717, 1.165) is 25.9 Å². The Balaban J connectivity index is 2.25. The van der Waals surface area contributed by atoms with Gasteiger partial charge >= 0.3 is 6.09 Å². The smallest absolute Gasteiger partial charge is 0.409 e. The maximum Gasteiger partial charge on any atom is 0.409 e. The van der Waals surface area contributed by atoms with Gasteiger partial charge in [0.15, 0.2) is 0 Å². The van der Waals surface area contributed by atoms with Crippen molar-refractivity contribution >= 4 is 6.09 Å². The number of likely N-dealkylation sites (tertiary alicyclic amines) is 1. The van der Waals surface area contributed by atoms with Gasteiger partial charge in [0.25, 0.3) is 0 Å². The number of aliphatic hydroxyl groups excluding tert-OH is 1. The summed E-state index contributed by atoms with van der Waals surface area (Å²) >= 11 is 0. The first-order chi connectivity index (χ1) is 7.67. The summed E-state index contributed by atoms with van der Waals surface area (Å²) in [4.78, 5) is 13.2. The fourth-order valence-corrected chi connectivity index (χ4v) is 1.90. The Bertz CT molecular complexity index is 215. The van der Waals surface area contributed by atoms with Gasteiger partial charge in [0, 0.05) is 25.2 Å². The molecule has 0 aromatic rings. The summed E-state index contributed by atoms with van der Waals surface area (Å²) in [6.07, 6.45) is 1.63. The van der Waals surface area contributed by atoms with Gasteiger partial charge in [-0.25, -0.2) is 4.79 Å². The number of rotatable bonds is 4. The maximum absolute atomic E-state index is 11.4. The number of aliphatic hydroxyl groups is 1. The molecule has 0 aromatic carbocycles. The van der Waals surface area contributed by atoms with Crippen molar-refractivity contribution in [2.24, 2.45) is 0 Å². The Morgan fingerprint density at radius 3 is 2.69 bits per heavy atom. The van der Waals surface area contributed by atoms with Crippen LogP contribution in [0.1, 0.15) is 26.7 Å². The predicted octanol–water partition coefficient (Wildman–Crippen LogP) is 0.578. The summed E-state index contributed by atoms with van der Waals surface area (Å²) in [6, 6.07) is 0.520. The van der Waals surface area contributed by atoms with E-state index in [1.165, 1.54) is 0 Å². The van der Waals surface area contributed by atoms with E-state index in [4.69, 9.17) is 9.84 Å². The molecule has 2 N–H and O–H groups in total. The summed E-state index contributed by atoms with van der Waals surface area (Å²) in [5, 5.41) is 12.3. The summed E-state index contributed by atoms with van der Waals surface area (Å²) < 4.78 is 4.95. The second-order valence-corrected chi connectivity index (χ2v) is 4.21. The lowest BCUT2D eigenvalue weighted by molar-refractivity contribution is 0.0932. The molecule has 5 nitrogen and oxygen atoms in total. The van der Waals surface area contributed by atoms with Gasteiger partial charge in [0.2, 0.25) is 0 Å². The first kappa shape index (κ1) is 13.3. The maximum atomic E-state index is 11.4. The van der Waals surface area contributed by atoms with Crippen molar-refractivity contribution in [3.05, 3.63) is 0 Å². The van der Waals surface area contributed by atoms with Crippen LogP contribution in [0.3, 0.4) is 0 Å². The van der Waals surface area contributed by atoms with Crippen LogP contribution < -0.4 is 5.32 Å². The molecule has 1 amide bonds. The highest BCUT2D eigenvalue weighted by Crippen LogP contribution is 2.11. The number of carbonyl (C=O) groups excluding carboxylic acids is 1. The number of hydrogen-bond acceptors (Lipinski definition) is 4. The summed E-state index contributed by atoms with van der Waals surface area (Å²) in [5.74, 6) is 0. The lowest BCUT2D eigenvalue weighted by Crippen LogP contribution is -2.48. The lowest BCUT2D eigenvalue weighted by atomic mass is 10.0. The number of carbonyl (C=O) groups is 1. The lowest BCUT2D eigenvalue weighted by Gasteiger charge is -2.32. The SMILES string of the molecule is CCOC(=O)N1CCC(NC(C)CO)CC1. The van der Waals surface area contributed by atoms with Crippen molar-refractivity contribution in [2.45, 2.75) is 38.8 Å². The minimum Gasteiger partial charge on any atom is -0.450 e. The zero-order chi connectivity index (χ0) is 12.0. The number of piperidine rings is 1. The topological polar surface area (TPSA) is 61.8 Å². The number of amides is 1. The molecular formula is C11H22N2O3. The summed E-state index contributed by atoms with van der Waals surface area (Å²) in [6.45, 7) is 5.81. The quantitative estimate of drug-likeness (QED) is 0.741. The fourth-order valence-electron chi connectivity index (χ4n) is 1.90. The average Bonchev–Trinajstić information content (AvgIpc) is 2.30. The third-order valence-electron chi connectivity index (χ3n) is 2.82. The summed E-state index contributed by atoms with van der Waals surface area (Å²) in [5.41, 5.74) is 0. The normalized spacial score (nSPS) is 19.6. The molecule has 94 valence electrons. The van der Waals surface area contributed by atoms with Crippen molar-refractivity contribution < 1.29 is 14.6 Å². The Hall–Kier alpha value is -0.810. The van der Waals surface area contributed by atoms with Gasteiger partial charge in [0.1, 0.15) is 0 Å². The van der Waals surface area contributed by atoms with E-state index >= 15 is 0 Å². The minimum absolute atomic E-state index is 0.124. The standard InChI is InChI=1S/C11H22N2O3/c1-3-16-11(15)13-6-4-10(5-7-13)12-9(2)8-14/h9-10,12,14H,3-8H2,1-2H3. The second-order valence-electron chi connectivity index (χ2n) is 4.21. The van der Waals surface area contributed by atoms with Gasteiger partial charge in [-0.05, 0) is 26.7 Å². The average molecular weight is 230 g/mol. The number of ether oxygens (including phenoxy) is 1. The van der Waals surface area contributed by atoms with Crippen LogP contribution in [0.25, 0.3) is 0 Å². The molecule has 0 saturated carbocycles. The highest BCUT2D eigenvalue weighted by Gasteiger charge is 2.23. The highest BCUT2D eigenvalue weighted by atomic mass is 16.6. The molecule has 1 aliphatic rings. The van der Waals surface area contributed by atoms with Crippen molar-refractivity contribution in [1.29, 1.82) is 0 Å². The second kappa shape index (κ2) is 6.70. The zero-order valence-corrected chi connectivity index (χ0v) is 10.1. The van der Waals surface area contributed by atoms with Gasteiger partial charge in [0.05, 0.1) is 13.2 Å². The predicted molar refractivity (Wildman–Crippen MR) is 61.3 cm³/mol. The van der Waals surface area contributed by atoms with Crippen LogP contribution in [0.5, 0.6) is 0 Å². The molecular weight excluding hydrogens is 208 g/mol. The van der Waals surface area contributed by atoms with Crippen LogP contribution in [0, 0.1) is 0 Å².